The first-order valence-electron chi connectivity index (χ1n) is 5.43. The molecule has 0 aliphatic carbocycles. The highest BCUT2D eigenvalue weighted by molar-refractivity contribution is 7.99. The summed E-state index contributed by atoms with van der Waals surface area (Å²) < 4.78 is 38.2. The van der Waals surface area contributed by atoms with Gasteiger partial charge in [0.2, 0.25) is 0 Å². The molecule has 3 N–H and O–H groups in total. The van der Waals surface area contributed by atoms with Gasteiger partial charge in [0.25, 0.3) is 5.76 Å². The summed E-state index contributed by atoms with van der Waals surface area (Å²) in [5, 5.41) is 2.87. The highest BCUT2D eigenvalue weighted by atomic mass is 32.2. The second-order valence-corrected chi connectivity index (χ2v) is 4.73. The molecule has 2 rings (SSSR count). The van der Waals surface area contributed by atoms with Crippen LogP contribution in [-0.2, 0) is 0 Å². The number of nitrogen functional groups attached to an aromatic ring is 1. The maximum atomic E-state index is 13.3. The van der Waals surface area contributed by atoms with Crippen molar-refractivity contribution in [2.75, 3.05) is 11.1 Å². The number of anilines is 3. The summed E-state index contributed by atoms with van der Waals surface area (Å²) in [7, 11) is 0. The number of alkyl halides is 2. The fraction of sp³-hybridized carbons (Fsp3) is 0.0769. The Hall–Kier alpha value is -1.82. The minimum Gasteiger partial charge on any atom is -0.395 e. The van der Waals surface area contributed by atoms with E-state index in [1.807, 2.05) is 0 Å². The molecule has 0 fully saturated rings. The van der Waals surface area contributed by atoms with Gasteiger partial charge in [0.1, 0.15) is 5.82 Å². The second kappa shape index (κ2) is 5.88. The van der Waals surface area contributed by atoms with E-state index in [-0.39, 0.29) is 5.69 Å². The Kier molecular flexibility index (Phi) is 4.21. The van der Waals surface area contributed by atoms with E-state index >= 15 is 0 Å². The van der Waals surface area contributed by atoms with Crippen LogP contribution in [-0.4, -0.2) is 5.76 Å². The lowest BCUT2D eigenvalue weighted by molar-refractivity contribution is 0.252. The van der Waals surface area contributed by atoms with Gasteiger partial charge < -0.3 is 11.1 Å². The number of halogens is 3. The van der Waals surface area contributed by atoms with Crippen LogP contribution in [0.5, 0.6) is 0 Å². The predicted octanol–water partition coefficient (Wildman–Crippen LogP) is 4.47. The molecular formula is C13H11F3N2S. The van der Waals surface area contributed by atoms with Crippen LogP contribution in [0.25, 0.3) is 0 Å². The number of rotatable bonds is 4. The lowest BCUT2D eigenvalue weighted by atomic mass is 10.2. The van der Waals surface area contributed by atoms with Crippen LogP contribution in [0, 0.1) is 5.82 Å². The molecule has 19 heavy (non-hydrogen) atoms. The zero-order valence-corrected chi connectivity index (χ0v) is 10.6. The third kappa shape index (κ3) is 3.35. The van der Waals surface area contributed by atoms with Gasteiger partial charge in [0.05, 0.1) is 17.1 Å². The van der Waals surface area contributed by atoms with E-state index in [1.165, 1.54) is 12.1 Å². The first kappa shape index (κ1) is 13.6. The van der Waals surface area contributed by atoms with Gasteiger partial charge in [-0.15, -0.1) is 0 Å². The van der Waals surface area contributed by atoms with Crippen molar-refractivity contribution in [2.45, 2.75) is 10.7 Å². The predicted molar refractivity (Wildman–Crippen MR) is 72.4 cm³/mol. The van der Waals surface area contributed by atoms with Gasteiger partial charge in [0.15, 0.2) is 0 Å². The first-order valence-corrected chi connectivity index (χ1v) is 6.30. The Labute approximate surface area is 112 Å². The highest BCUT2D eigenvalue weighted by Gasteiger charge is 2.11. The van der Waals surface area contributed by atoms with E-state index in [0.717, 1.165) is 0 Å². The van der Waals surface area contributed by atoms with Crippen molar-refractivity contribution in [3.05, 3.63) is 48.3 Å². The van der Waals surface area contributed by atoms with Crippen molar-refractivity contribution in [3.63, 3.8) is 0 Å². The lowest BCUT2D eigenvalue weighted by Crippen LogP contribution is -2.00. The van der Waals surface area contributed by atoms with Gasteiger partial charge >= 0.3 is 0 Å². The fourth-order valence-electron chi connectivity index (χ4n) is 1.56. The number of nitrogens with one attached hydrogen (secondary N) is 1. The molecule has 0 saturated carbocycles. The van der Waals surface area contributed by atoms with Crippen LogP contribution in [0.2, 0.25) is 0 Å². The number of nitrogens with two attached hydrogens (primary N) is 1. The standard InChI is InChI=1S/C13H11F3N2S/c14-8-4-3-6-10(12(8)17)18-9-5-1-2-7-11(9)19-13(15)16/h1-7,13,18H,17H2. The minimum atomic E-state index is -2.52. The van der Waals surface area contributed by atoms with Gasteiger partial charge in [0, 0.05) is 4.90 Å². The number of para-hydroxylation sites is 2. The van der Waals surface area contributed by atoms with Gasteiger partial charge in [-0.1, -0.05) is 30.0 Å². The zero-order chi connectivity index (χ0) is 13.8. The molecule has 0 spiro atoms. The fourth-order valence-corrected chi connectivity index (χ4v) is 2.15. The van der Waals surface area contributed by atoms with Crippen molar-refractivity contribution in [2.24, 2.45) is 0 Å². The Morgan fingerprint density at radius 2 is 1.68 bits per heavy atom. The van der Waals surface area contributed by atoms with Crippen LogP contribution in [0.3, 0.4) is 0 Å². The summed E-state index contributed by atoms with van der Waals surface area (Å²) in [6.07, 6.45) is 0. The maximum Gasteiger partial charge on any atom is 0.288 e. The molecule has 6 heteroatoms. The van der Waals surface area contributed by atoms with Crippen LogP contribution in [0.15, 0.2) is 47.4 Å². The van der Waals surface area contributed by atoms with Crippen molar-refractivity contribution in [1.82, 2.24) is 0 Å². The molecule has 2 nitrogen and oxygen atoms in total. The summed E-state index contributed by atoms with van der Waals surface area (Å²) in [5.41, 5.74) is 6.36. The Balaban J connectivity index is 2.30. The average Bonchev–Trinajstić information content (AvgIpc) is 2.36. The molecule has 0 bridgehead atoms. The molecule has 100 valence electrons. The lowest BCUT2D eigenvalue weighted by Gasteiger charge is -2.13. The number of benzene rings is 2. The average molecular weight is 284 g/mol. The van der Waals surface area contributed by atoms with Crippen molar-refractivity contribution >= 4 is 28.8 Å². The molecule has 0 saturated heterocycles. The van der Waals surface area contributed by atoms with E-state index in [0.29, 0.717) is 28.0 Å². The van der Waals surface area contributed by atoms with Crippen LogP contribution >= 0.6 is 11.8 Å². The molecule has 0 unspecified atom stereocenters. The molecule has 0 aliphatic heterocycles. The van der Waals surface area contributed by atoms with E-state index in [4.69, 9.17) is 5.73 Å². The number of hydrogen-bond donors (Lipinski definition) is 2. The third-order valence-corrected chi connectivity index (χ3v) is 3.21. The largest absolute Gasteiger partial charge is 0.395 e. The zero-order valence-electron chi connectivity index (χ0n) is 9.74. The van der Waals surface area contributed by atoms with Crippen molar-refractivity contribution in [3.8, 4) is 0 Å². The summed E-state index contributed by atoms with van der Waals surface area (Å²) in [6.45, 7) is 0. The number of hydrogen-bond acceptors (Lipinski definition) is 3. The third-order valence-electron chi connectivity index (χ3n) is 2.43. The number of thioether (sulfide) groups is 1. The molecule has 0 aromatic heterocycles. The Morgan fingerprint density at radius 1 is 1.00 bits per heavy atom. The highest BCUT2D eigenvalue weighted by Crippen LogP contribution is 2.34. The van der Waals surface area contributed by atoms with Gasteiger partial charge in [-0.3, -0.25) is 0 Å². The summed E-state index contributed by atoms with van der Waals surface area (Å²) in [6, 6.07) is 10.9. The molecular weight excluding hydrogens is 273 g/mol. The van der Waals surface area contributed by atoms with Crippen molar-refractivity contribution < 1.29 is 13.2 Å². The first-order chi connectivity index (χ1) is 9.08. The van der Waals surface area contributed by atoms with Gasteiger partial charge in [-0.05, 0) is 24.3 Å². The maximum absolute atomic E-state index is 13.3. The van der Waals surface area contributed by atoms with E-state index < -0.39 is 11.6 Å². The van der Waals surface area contributed by atoms with Crippen molar-refractivity contribution in [1.29, 1.82) is 0 Å². The summed E-state index contributed by atoms with van der Waals surface area (Å²) in [5.74, 6) is -3.07. The topological polar surface area (TPSA) is 38.0 Å². The van der Waals surface area contributed by atoms with Crippen LogP contribution in [0.4, 0.5) is 30.2 Å². The van der Waals surface area contributed by atoms with Gasteiger partial charge in [-0.25, -0.2) is 4.39 Å². The Bertz CT molecular complexity index is 576. The summed E-state index contributed by atoms with van der Waals surface area (Å²) in [4.78, 5) is 0.376. The van der Waals surface area contributed by atoms with Gasteiger partial charge in [-0.2, -0.15) is 8.78 Å². The Morgan fingerprint density at radius 3 is 2.42 bits per heavy atom. The smallest absolute Gasteiger partial charge is 0.288 e. The quantitative estimate of drug-likeness (QED) is 0.642. The second-order valence-electron chi connectivity index (χ2n) is 3.70. The molecule has 0 atom stereocenters. The van der Waals surface area contributed by atoms with E-state index in [1.54, 1.807) is 30.3 Å². The van der Waals surface area contributed by atoms with Crippen LogP contribution < -0.4 is 11.1 Å². The monoisotopic (exact) mass is 284 g/mol. The summed E-state index contributed by atoms with van der Waals surface area (Å²) >= 11 is 0.424. The molecule has 0 heterocycles. The SMILES string of the molecule is Nc1c(F)cccc1Nc1ccccc1SC(F)F. The van der Waals surface area contributed by atoms with E-state index in [2.05, 4.69) is 5.32 Å². The molecule has 0 radical (unpaired) electrons. The minimum absolute atomic E-state index is 0.0423. The molecule has 0 amide bonds. The molecule has 2 aromatic carbocycles. The molecule has 2 aromatic rings. The van der Waals surface area contributed by atoms with E-state index in [9.17, 15) is 13.2 Å². The molecule has 0 aliphatic rings. The van der Waals surface area contributed by atoms with Crippen LogP contribution in [0.1, 0.15) is 0 Å². The normalized spacial score (nSPS) is 10.7.